The maximum Gasteiger partial charge on any atom is 0.251 e. The predicted molar refractivity (Wildman–Crippen MR) is 99.7 cm³/mol. The van der Waals surface area contributed by atoms with Crippen molar-refractivity contribution in [3.05, 3.63) is 41.5 Å². The summed E-state index contributed by atoms with van der Waals surface area (Å²) < 4.78 is 10.7. The number of amides is 1. The number of hydrogen-bond donors (Lipinski definition) is 2. The van der Waals surface area contributed by atoms with E-state index in [1.165, 1.54) is 0 Å². The van der Waals surface area contributed by atoms with Crippen LogP contribution in [0, 0.1) is 0 Å². The molecule has 2 unspecified atom stereocenters. The summed E-state index contributed by atoms with van der Waals surface area (Å²) in [7, 11) is 0. The van der Waals surface area contributed by atoms with E-state index in [9.17, 15) is 4.79 Å². The van der Waals surface area contributed by atoms with Crippen molar-refractivity contribution in [3.63, 3.8) is 0 Å². The molecule has 26 heavy (non-hydrogen) atoms. The second-order valence-corrected chi connectivity index (χ2v) is 6.24. The van der Waals surface area contributed by atoms with Gasteiger partial charge in [-0.1, -0.05) is 12.1 Å². The van der Waals surface area contributed by atoms with Crippen molar-refractivity contribution in [2.75, 3.05) is 6.54 Å². The summed E-state index contributed by atoms with van der Waals surface area (Å²) >= 11 is 0. The van der Waals surface area contributed by atoms with Gasteiger partial charge in [0.25, 0.3) is 5.91 Å². The number of rotatable bonds is 6. The smallest absolute Gasteiger partial charge is 0.251 e. The molecule has 0 radical (unpaired) electrons. The molecule has 0 saturated carbocycles. The monoisotopic (exact) mass is 380 g/mol. The minimum atomic E-state index is -0.0575. The number of aromatic nitrogens is 2. The van der Waals surface area contributed by atoms with Gasteiger partial charge in [-0.15, -0.1) is 12.4 Å². The number of carbonyl (C=O) groups excluding carboxylic acids is 1. The minimum Gasteiger partial charge on any atom is -0.485 e. The van der Waals surface area contributed by atoms with Crippen LogP contribution in [0.1, 0.15) is 48.8 Å². The maximum absolute atomic E-state index is 12.4. The van der Waals surface area contributed by atoms with E-state index in [0.717, 1.165) is 19.4 Å². The fourth-order valence-electron chi connectivity index (χ4n) is 2.84. The molecule has 8 heteroatoms. The number of aryl methyl sites for hydroxylation is 1. The molecule has 0 spiro atoms. The third-order valence-corrected chi connectivity index (χ3v) is 4.38. The van der Waals surface area contributed by atoms with Crippen molar-refractivity contribution in [3.8, 4) is 5.75 Å². The molecule has 3 rings (SSSR count). The van der Waals surface area contributed by atoms with Crippen LogP contribution in [0.15, 0.2) is 28.8 Å². The zero-order valence-corrected chi connectivity index (χ0v) is 15.8. The highest BCUT2D eigenvalue weighted by Gasteiger charge is 2.22. The molecule has 1 aliphatic rings. The summed E-state index contributed by atoms with van der Waals surface area (Å²) in [6.45, 7) is 5.30. The predicted octanol–water partition coefficient (Wildman–Crippen LogP) is 2.50. The Kier molecular flexibility index (Phi) is 7.41. The van der Waals surface area contributed by atoms with Crippen molar-refractivity contribution in [2.24, 2.45) is 0 Å². The van der Waals surface area contributed by atoms with Crippen LogP contribution in [0.4, 0.5) is 0 Å². The van der Waals surface area contributed by atoms with E-state index in [1.807, 2.05) is 6.92 Å². The van der Waals surface area contributed by atoms with E-state index >= 15 is 0 Å². The molecular weight excluding hydrogens is 356 g/mol. The van der Waals surface area contributed by atoms with Crippen molar-refractivity contribution in [1.82, 2.24) is 20.8 Å². The quantitative estimate of drug-likeness (QED) is 0.800. The molecule has 1 saturated heterocycles. The molecule has 0 aliphatic carbocycles. The molecule has 0 bridgehead atoms. The fraction of sp³-hybridized carbons (Fsp3) is 0.500. The first-order chi connectivity index (χ1) is 12.2. The second-order valence-electron chi connectivity index (χ2n) is 6.24. The molecule has 7 nitrogen and oxygen atoms in total. The molecule has 2 N–H and O–H groups in total. The van der Waals surface area contributed by atoms with E-state index in [-0.39, 0.29) is 31.0 Å². The molecule has 1 amide bonds. The Morgan fingerprint density at radius 3 is 2.81 bits per heavy atom. The first-order valence-electron chi connectivity index (χ1n) is 8.74. The van der Waals surface area contributed by atoms with Crippen molar-refractivity contribution >= 4 is 18.3 Å². The molecule has 1 fully saturated rings. The number of nitrogens with zero attached hydrogens (tertiary/aromatic N) is 2. The van der Waals surface area contributed by atoms with Gasteiger partial charge in [0.2, 0.25) is 11.7 Å². The molecule has 2 heterocycles. The lowest BCUT2D eigenvalue weighted by molar-refractivity contribution is 0.0920. The maximum atomic E-state index is 12.4. The van der Waals surface area contributed by atoms with Gasteiger partial charge in [0.1, 0.15) is 5.75 Å². The average Bonchev–Trinajstić information content (AvgIpc) is 3.10. The fourth-order valence-corrected chi connectivity index (χ4v) is 2.84. The van der Waals surface area contributed by atoms with Crippen molar-refractivity contribution < 1.29 is 14.1 Å². The zero-order valence-electron chi connectivity index (χ0n) is 15.0. The number of carbonyl (C=O) groups is 1. The number of nitrogens with one attached hydrogen (secondary N) is 2. The molecule has 1 aromatic carbocycles. The molecule has 1 aromatic heterocycles. The Morgan fingerprint density at radius 1 is 1.38 bits per heavy atom. The lowest BCUT2D eigenvalue weighted by Gasteiger charge is -2.30. The van der Waals surface area contributed by atoms with Gasteiger partial charge in [-0.2, -0.15) is 4.98 Å². The summed E-state index contributed by atoms with van der Waals surface area (Å²) in [5.41, 5.74) is 0.623. The normalized spacial score (nSPS) is 19.5. The first kappa shape index (κ1) is 20.2. The Labute approximate surface area is 159 Å². The van der Waals surface area contributed by atoms with Crippen LogP contribution in [-0.4, -0.2) is 34.7 Å². The number of halogens is 1. The van der Waals surface area contributed by atoms with Crippen LogP contribution >= 0.6 is 12.4 Å². The van der Waals surface area contributed by atoms with Gasteiger partial charge in [0.05, 0.1) is 0 Å². The van der Waals surface area contributed by atoms with Gasteiger partial charge in [-0.25, -0.2) is 0 Å². The van der Waals surface area contributed by atoms with Crippen LogP contribution in [0.3, 0.4) is 0 Å². The van der Waals surface area contributed by atoms with Crippen LogP contribution in [0.5, 0.6) is 5.75 Å². The molecule has 2 aromatic rings. The highest BCUT2D eigenvalue weighted by molar-refractivity contribution is 5.94. The van der Waals surface area contributed by atoms with E-state index < -0.39 is 0 Å². The number of piperidine rings is 1. The summed E-state index contributed by atoms with van der Waals surface area (Å²) in [5.74, 6) is 1.71. The summed E-state index contributed by atoms with van der Waals surface area (Å²) in [6, 6.07) is 7.54. The zero-order chi connectivity index (χ0) is 17.6. The van der Waals surface area contributed by atoms with Gasteiger partial charge in [-0.3, -0.25) is 4.79 Å². The highest BCUT2D eigenvalue weighted by atomic mass is 35.5. The van der Waals surface area contributed by atoms with Gasteiger partial charge in [-0.05, 0) is 50.6 Å². The van der Waals surface area contributed by atoms with Crippen molar-refractivity contribution in [2.45, 2.75) is 51.8 Å². The highest BCUT2D eigenvalue weighted by Crippen LogP contribution is 2.15. The largest absolute Gasteiger partial charge is 0.485 e. The van der Waals surface area contributed by atoms with Crippen molar-refractivity contribution in [1.29, 1.82) is 0 Å². The Hall–Kier alpha value is -2.12. The Bertz CT molecular complexity index is 705. The van der Waals surface area contributed by atoms with E-state index in [0.29, 0.717) is 35.5 Å². The number of ether oxygens (including phenoxy) is 1. The molecule has 1 aliphatic heterocycles. The van der Waals surface area contributed by atoms with Crippen LogP contribution in [-0.2, 0) is 13.0 Å². The summed E-state index contributed by atoms with van der Waals surface area (Å²) in [5, 5.41) is 10.3. The standard InChI is InChI=1S/C18H24N4O3.ClH/c1-3-17-21-16(22-25-17)11-24-14-8-6-13(7-9-14)18(23)20-15-5-4-10-19-12(15)2;/h6-9,12,15,19H,3-5,10-11H2,1-2H3,(H,20,23);1H. The SMILES string of the molecule is CCc1nc(COc2ccc(C(=O)NC3CCCNC3C)cc2)no1.Cl. The molecule has 2 atom stereocenters. The van der Waals surface area contributed by atoms with Crippen LogP contribution in [0.2, 0.25) is 0 Å². The lowest BCUT2D eigenvalue weighted by Crippen LogP contribution is -2.51. The van der Waals surface area contributed by atoms with Crippen LogP contribution in [0.25, 0.3) is 0 Å². The Morgan fingerprint density at radius 2 is 2.15 bits per heavy atom. The third kappa shape index (κ3) is 5.19. The second kappa shape index (κ2) is 9.54. The first-order valence-corrected chi connectivity index (χ1v) is 8.74. The summed E-state index contributed by atoms with van der Waals surface area (Å²) in [6.07, 6.45) is 2.79. The lowest BCUT2D eigenvalue weighted by atomic mass is 9.99. The summed E-state index contributed by atoms with van der Waals surface area (Å²) in [4.78, 5) is 16.6. The van der Waals surface area contributed by atoms with Crippen LogP contribution < -0.4 is 15.4 Å². The average molecular weight is 381 g/mol. The van der Waals surface area contributed by atoms with E-state index in [2.05, 4.69) is 27.7 Å². The van der Waals surface area contributed by atoms with E-state index in [1.54, 1.807) is 24.3 Å². The number of hydrogen-bond acceptors (Lipinski definition) is 6. The molecular formula is C18H25ClN4O3. The van der Waals surface area contributed by atoms with Gasteiger partial charge in [0, 0.05) is 24.1 Å². The van der Waals surface area contributed by atoms with Gasteiger partial charge in [0.15, 0.2) is 6.61 Å². The molecule has 142 valence electrons. The third-order valence-electron chi connectivity index (χ3n) is 4.38. The topological polar surface area (TPSA) is 89.3 Å². The van der Waals surface area contributed by atoms with Gasteiger partial charge >= 0.3 is 0 Å². The Balaban J connectivity index is 0.00000243. The van der Waals surface area contributed by atoms with Gasteiger partial charge < -0.3 is 19.9 Å². The van der Waals surface area contributed by atoms with E-state index in [4.69, 9.17) is 9.26 Å². The minimum absolute atomic E-state index is 0. The number of benzene rings is 1.